The number of hydrogen-bond donors (Lipinski definition) is 2. The molecule has 1 amide bonds. The van der Waals surface area contributed by atoms with E-state index >= 15 is 0 Å². The van der Waals surface area contributed by atoms with Crippen molar-refractivity contribution in [3.8, 4) is 0 Å². The maximum atomic E-state index is 12.1. The third-order valence-electron chi connectivity index (χ3n) is 5.00. The molecule has 2 aliphatic heterocycles. The van der Waals surface area contributed by atoms with Gasteiger partial charge in [0.25, 0.3) is 0 Å². The van der Waals surface area contributed by atoms with Gasteiger partial charge in [0.2, 0.25) is 0 Å². The number of hydrogen-bond acceptors (Lipinski definition) is 6. The Bertz CT molecular complexity index is 515. The van der Waals surface area contributed by atoms with Gasteiger partial charge in [-0.05, 0) is 40.2 Å². The lowest BCUT2D eigenvalue weighted by atomic mass is 10.2. The molecule has 30 heavy (non-hydrogen) atoms. The molecule has 0 spiro atoms. The van der Waals surface area contributed by atoms with E-state index in [0.717, 1.165) is 91.5 Å². The summed E-state index contributed by atoms with van der Waals surface area (Å²) in [6, 6.07) is 0. The zero-order valence-electron chi connectivity index (χ0n) is 18.9. The maximum absolute atomic E-state index is 12.1. The largest absolute Gasteiger partial charge is 0.444 e. The summed E-state index contributed by atoms with van der Waals surface area (Å²) in [6.07, 6.45) is 1.80. The van der Waals surface area contributed by atoms with E-state index in [4.69, 9.17) is 15.2 Å². The van der Waals surface area contributed by atoms with Crippen molar-refractivity contribution >= 4 is 36.0 Å². The fraction of sp³-hybridized carbons (Fsp3) is 0.900. The Hall–Kier alpha value is -0.850. The van der Waals surface area contributed by atoms with E-state index in [0.29, 0.717) is 5.96 Å². The number of carbonyl (C=O) groups excluding carboxylic acids is 1. The molecule has 0 aliphatic carbocycles. The summed E-state index contributed by atoms with van der Waals surface area (Å²) in [5.74, 6) is 0.529. The quantitative estimate of drug-likeness (QED) is 0.207. The molecule has 0 aromatic rings. The Kier molecular flexibility index (Phi) is 12.9. The van der Waals surface area contributed by atoms with Gasteiger partial charge < -0.3 is 25.4 Å². The predicted octanol–water partition coefficient (Wildman–Crippen LogP) is 1.17. The van der Waals surface area contributed by atoms with E-state index < -0.39 is 5.60 Å². The molecule has 2 rings (SSSR count). The van der Waals surface area contributed by atoms with Gasteiger partial charge >= 0.3 is 6.09 Å². The lowest BCUT2D eigenvalue weighted by Crippen LogP contribution is -2.50. The highest BCUT2D eigenvalue weighted by Crippen LogP contribution is 2.11. The van der Waals surface area contributed by atoms with Crippen molar-refractivity contribution in [3.63, 3.8) is 0 Å². The van der Waals surface area contributed by atoms with Crippen LogP contribution in [0.5, 0.6) is 0 Å². The molecule has 0 unspecified atom stereocenters. The second kappa shape index (κ2) is 14.3. The molecule has 2 fully saturated rings. The minimum atomic E-state index is -0.441. The van der Waals surface area contributed by atoms with E-state index in [9.17, 15) is 4.79 Å². The first-order chi connectivity index (χ1) is 13.8. The molecule has 2 aliphatic rings. The molecule has 0 radical (unpaired) electrons. The number of halogens is 1. The van der Waals surface area contributed by atoms with Gasteiger partial charge in [-0.1, -0.05) is 0 Å². The number of nitrogens with zero attached hydrogens (tertiary/aromatic N) is 4. The van der Waals surface area contributed by atoms with Gasteiger partial charge in [0, 0.05) is 58.9 Å². The minimum absolute atomic E-state index is 0. The van der Waals surface area contributed by atoms with Crippen LogP contribution in [0.3, 0.4) is 0 Å². The van der Waals surface area contributed by atoms with Crippen LogP contribution >= 0.6 is 24.0 Å². The number of guanidine groups is 1. The fourth-order valence-corrected chi connectivity index (χ4v) is 3.37. The minimum Gasteiger partial charge on any atom is -0.444 e. The number of amides is 1. The number of ether oxygens (including phenoxy) is 2. The molecule has 10 heteroatoms. The van der Waals surface area contributed by atoms with Gasteiger partial charge in [-0.2, -0.15) is 0 Å². The number of rotatable bonds is 8. The average Bonchev–Trinajstić information content (AvgIpc) is 2.68. The molecule has 0 saturated carbocycles. The van der Waals surface area contributed by atoms with Crippen LogP contribution in [-0.4, -0.2) is 111 Å². The van der Waals surface area contributed by atoms with E-state index in [1.54, 1.807) is 4.90 Å². The highest BCUT2D eigenvalue weighted by molar-refractivity contribution is 14.0. The number of aliphatic imine (C=N–C) groups is 1. The second-order valence-electron chi connectivity index (χ2n) is 8.66. The van der Waals surface area contributed by atoms with E-state index in [-0.39, 0.29) is 30.1 Å². The smallest absolute Gasteiger partial charge is 0.410 e. The zero-order chi connectivity index (χ0) is 21.1. The molecule has 176 valence electrons. The van der Waals surface area contributed by atoms with Crippen molar-refractivity contribution in [1.29, 1.82) is 0 Å². The van der Waals surface area contributed by atoms with Crippen molar-refractivity contribution < 1.29 is 14.3 Å². The molecule has 2 heterocycles. The Labute approximate surface area is 198 Å². The monoisotopic (exact) mass is 540 g/mol. The summed E-state index contributed by atoms with van der Waals surface area (Å²) in [4.78, 5) is 23.1. The van der Waals surface area contributed by atoms with E-state index in [1.807, 2.05) is 20.8 Å². The van der Waals surface area contributed by atoms with Crippen molar-refractivity contribution in [2.45, 2.75) is 39.2 Å². The van der Waals surface area contributed by atoms with Crippen LogP contribution in [0.1, 0.15) is 33.6 Å². The Morgan fingerprint density at radius 3 is 2.27 bits per heavy atom. The number of piperazine rings is 1. The average molecular weight is 540 g/mol. The van der Waals surface area contributed by atoms with Crippen LogP contribution in [-0.2, 0) is 9.47 Å². The first-order valence-corrected chi connectivity index (χ1v) is 10.9. The number of nitrogens with two attached hydrogens (primary N) is 1. The highest BCUT2D eigenvalue weighted by Gasteiger charge is 2.25. The fourth-order valence-electron chi connectivity index (χ4n) is 3.37. The summed E-state index contributed by atoms with van der Waals surface area (Å²) in [5, 5.41) is 3.20. The third kappa shape index (κ3) is 11.5. The van der Waals surface area contributed by atoms with Gasteiger partial charge in [0.1, 0.15) is 5.60 Å². The van der Waals surface area contributed by atoms with Crippen molar-refractivity contribution in [2.75, 3.05) is 78.7 Å². The molecule has 0 bridgehead atoms. The lowest BCUT2D eigenvalue weighted by Gasteiger charge is -2.35. The van der Waals surface area contributed by atoms with Gasteiger partial charge in [-0.3, -0.25) is 14.8 Å². The third-order valence-corrected chi connectivity index (χ3v) is 5.00. The first-order valence-electron chi connectivity index (χ1n) is 10.9. The normalized spacial score (nSPS) is 19.3. The molecule has 3 N–H and O–H groups in total. The van der Waals surface area contributed by atoms with Crippen molar-refractivity contribution in [2.24, 2.45) is 10.7 Å². The van der Waals surface area contributed by atoms with Crippen LogP contribution in [0.15, 0.2) is 4.99 Å². The lowest BCUT2D eigenvalue weighted by molar-refractivity contribution is 0.0145. The number of nitrogens with one attached hydrogen (secondary N) is 1. The second-order valence-corrected chi connectivity index (χ2v) is 8.66. The summed E-state index contributed by atoms with van der Waals surface area (Å²) in [6.45, 7) is 16.2. The molecule has 9 nitrogen and oxygen atoms in total. The van der Waals surface area contributed by atoms with Crippen molar-refractivity contribution in [1.82, 2.24) is 20.0 Å². The maximum Gasteiger partial charge on any atom is 0.410 e. The summed E-state index contributed by atoms with van der Waals surface area (Å²) in [7, 11) is 0. The van der Waals surface area contributed by atoms with Crippen LogP contribution in [0.2, 0.25) is 0 Å². The number of carbonyl (C=O) groups is 1. The summed E-state index contributed by atoms with van der Waals surface area (Å²) >= 11 is 0. The van der Waals surface area contributed by atoms with Crippen molar-refractivity contribution in [3.05, 3.63) is 0 Å². The first kappa shape index (κ1) is 27.2. The molecule has 0 aromatic carbocycles. The van der Waals surface area contributed by atoms with Gasteiger partial charge in [-0.25, -0.2) is 4.79 Å². The van der Waals surface area contributed by atoms with E-state index in [2.05, 4.69) is 20.1 Å². The number of morpholine rings is 1. The van der Waals surface area contributed by atoms with Crippen LogP contribution in [0.25, 0.3) is 0 Å². The summed E-state index contributed by atoms with van der Waals surface area (Å²) in [5.41, 5.74) is 5.51. The predicted molar refractivity (Wildman–Crippen MR) is 131 cm³/mol. The van der Waals surface area contributed by atoms with E-state index in [1.165, 1.54) is 0 Å². The van der Waals surface area contributed by atoms with Crippen LogP contribution < -0.4 is 11.1 Å². The zero-order valence-corrected chi connectivity index (χ0v) is 21.2. The SMILES string of the molecule is CC(C)(C)OC(=O)N1CCN(CCCNC(N)=NCCCN2CCOCC2)CC1.I. The van der Waals surface area contributed by atoms with Crippen LogP contribution in [0, 0.1) is 0 Å². The van der Waals surface area contributed by atoms with Gasteiger partial charge in [-0.15, -0.1) is 24.0 Å². The Balaban J connectivity index is 0.00000450. The summed E-state index contributed by atoms with van der Waals surface area (Å²) < 4.78 is 10.8. The Morgan fingerprint density at radius 1 is 1.03 bits per heavy atom. The molecule has 0 aromatic heterocycles. The molecular weight excluding hydrogens is 499 g/mol. The highest BCUT2D eigenvalue weighted by atomic mass is 127. The molecule has 2 saturated heterocycles. The topological polar surface area (TPSA) is 95.7 Å². The molecular formula is C20H41IN6O3. The van der Waals surface area contributed by atoms with Gasteiger partial charge in [0.15, 0.2) is 5.96 Å². The Morgan fingerprint density at radius 2 is 1.63 bits per heavy atom. The van der Waals surface area contributed by atoms with Crippen LogP contribution in [0.4, 0.5) is 4.79 Å². The molecule has 0 atom stereocenters. The van der Waals surface area contributed by atoms with Gasteiger partial charge in [0.05, 0.1) is 13.2 Å². The standard InChI is InChI=1S/C20H40N6O3.HI/c1-20(2,3)29-19(27)26-12-10-24(11-13-26)8-4-6-22-18(21)23-7-5-9-25-14-16-28-17-15-25;/h4-17H2,1-3H3,(H3,21,22,23);1H.